The first-order valence-electron chi connectivity index (χ1n) is 6.56. The Labute approximate surface area is 108 Å². The fourth-order valence-corrected chi connectivity index (χ4v) is 2.26. The first-order chi connectivity index (χ1) is 8.79. The molecule has 0 saturated carbocycles. The zero-order valence-corrected chi connectivity index (χ0v) is 10.9. The van der Waals surface area contributed by atoms with Crippen LogP contribution in [0, 0.1) is 0 Å². The van der Waals surface area contributed by atoms with Crippen molar-refractivity contribution in [3.8, 4) is 0 Å². The predicted octanol–water partition coefficient (Wildman–Crippen LogP) is 1.05. The highest BCUT2D eigenvalue weighted by Crippen LogP contribution is 2.12. The summed E-state index contributed by atoms with van der Waals surface area (Å²) < 4.78 is 0. The minimum absolute atomic E-state index is 0.515. The summed E-state index contributed by atoms with van der Waals surface area (Å²) in [7, 11) is 0. The van der Waals surface area contributed by atoms with Gasteiger partial charge in [-0.05, 0) is 32.9 Å². The van der Waals surface area contributed by atoms with Gasteiger partial charge < -0.3 is 10.7 Å². The molecule has 1 aliphatic heterocycles. The van der Waals surface area contributed by atoms with Crippen molar-refractivity contribution in [1.82, 2.24) is 14.9 Å². The Morgan fingerprint density at radius 1 is 1.28 bits per heavy atom. The first-order valence-corrected chi connectivity index (χ1v) is 6.56. The number of nitrogen functional groups attached to an aromatic ring is 1. The largest absolute Gasteiger partial charge is 0.367 e. The van der Waals surface area contributed by atoms with E-state index in [0.717, 1.165) is 12.4 Å². The molecular formula is C12H22N6. The average Bonchev–Trinajstić information content (AvgIpc) is 2.46. The zero-order valence-electron chi connectivity index (χ0n) is 10.9. The third-order valence-electron chi connectivity index (χ3n) is 3.38. The molecule has 0 aromatic carbocycles. The number of nitrogens with two attached hydrogens (primary N) is 1. The molecule has 0 bridgehead atoms. The summed E-state index contributed by atoms with van der Waals surface area (Å²) in [6, 6.07) is 0.515. The molecule has 0 amide bonds. The Bertz CT molecular complexity index is 363. The molecule has 6 nitrogen and oxygen atoms in total. The Morgan fingerprint density at radius 2 is 2.00 bits per heavy atom. The molecule has 1 aromatic rings. The van der Waals surface area contributed by atoms with Crippen LogP contribution in [0.2, 0.25) is 0 Å². The molecule has 18 heavy (non-hydrogen) atoms. The van der Waals surface area contributed by atoms with Crippen LogP contribution in [0.25, 0.3) is 0 Å². The van der Waals surface area contributed by atoms with Crippen molar-refractivity contribution in [3.63, 3.8) is 0 Å². The van der Waals surface area contributed by atoms with Crippen LogP contribution in [0.5, 0.6) is 0 Å². The van der Waals surface area contributed by atoms with Crippen LogP contribution >= 0.6 is 0 Å². The van der Waals surface area contributed by atoms with Gasteiger partial charge in [-0.2, -0.15) is 0 Å². The minimum Gasteiger partial charge on any atom is -0.367 e. The van der Waals surface area contributed by atoms with Gasteiger partial charge >= 0.3 is 0 Å². The zero-order chi connectivity index (χ0) is 12.8. The number of hydrogen-bond acceptors (Lipinski definition) is 6. The summed E-state index contributed by atoms with van der Waals surface area (Å²) >= 11 is 0. The fourth-order valence-electron chi connectivity index (χ4n) is 2.26. The van der Waals surface area contributed by atoms with Crippen LogP contribution in [0.1, 0.15) is 26.2 Å². The van der Waals surface area contributed by atoms with Crippen molar-refractivity contribution in [3.05, 3.63) is 12.4 Å². The molecule has 2 heterocycles. The highest BCUT2D eigenvalue weighted by atomic mass is 15.3. The number of hydrogen-bond donors (Lipinski definition) is 3. The molecule has 0 radical (unpaired) electrons. The van der Waals surface area contributed by atoms with E-state index in [0.29, 0.717) is 11.9 Å². The van der Waals surface area contributed by atoms with Crippen molar-refractivity contribution in [2.45, 2.75) is 32.2 Å². The smallest absolute Gasteiger partial charge is 0.160 e. The SMILES string of the molecule is CC(CNc1cncc(NN)n1)N1CCCCC1. The van der Waals surface area contributed by atoms with Crippen LogP contribution in [0.3, 0.4) is 0 Å². The van der Waals surface area contributed by atoms with Crippen molar-refractivity contribution in [2.24, 2.45) is 5.84 Å². The summed E-state index contributed by atoms with van der Waals surface area (Å²) in [6.45, 7) is 5.54. The number of nitrogens with one attached hydrogen (secondary N) is 2. The van der Waals surface area contributed by atoms with E-state index < -0.39 is 0 Å². The van der Waals surface area contributed by atoms with Gasteiger partial charge in [-0.15, -0.1) is 0 Å². The summed E-state index contributed by atoms with van der Waals surface area (Å²) in [4.78, 5) is 10.9. The highest BCUT2D eigenvalue weighted by Gasteiger charge is 2.16. The molecule has 1 unspecified atom stereocenters. The molecule has 1 saturated heterocycles. The topological polar surface area (TPSA) is 79.1 Å². The maximum absolute atomic E-state index is 5.30. The number of hydrazine groups is 1. The predicted molar refractivity (Wildman–Crippen MR) is 73.2 cm³/mol. The normalized spacial score (nSPS) is 18.3. The molecule has 6 heteroatoms. The molecule has 100 valence electrons. The van der Waals surface area contributed by atoms with E-state index in [1.54, 1.807) is 12.4 Å². The van der Waals surface area contributed by atoms with Crippen molar-refractivity contribution in [1.29, 1.82) is 0 Å². The second-order valence-corrected chi connectivity index (χ2v) is 4.76. The maximum atomic E-state index is 5.30. The third-order valence-corrected chi connectivity index (χ3v) is 3.38. The lowest BCUT2D eigenvalue weighted by Crippen LogP contribution is -2.41. The second-order valence-electron chi connectivity index (χ2n) is 4.76. The molecule has 0 aliphatic carbocycles. The number of nitrogens with zero attached hydrogens (tertiary/aromatic N) is 3. The lowest BCUT2D eigenvalue weighted by molar-refractivity contribution is 0.180. The van der Waals surface area contributed by atoms with Crippen LogP contribution < -0.4 is 16.6 Å². The van der Waals surface area contributed by atoms with Crippen LogP contribution in [-0.4, -0.2) is 40.5 Å². The molecule has 1 aromatic heterocycles. The highest BCUT2D eigenvalue weighted by molar-refractivity contribution is 5.40. The molecule has 2 rings (SSSR count). The standard InChI is InChI=1S/C12H22N6/c1-10(18-5-3-2-4-6-18)7-15-11-8-14-9-12(16-11)17-13/h8-10H,2-7,13H2,1H3,(H2,15,16,17). The first kappa shape index (κ1) is 13.0. The number of piperidine rings is 1. The van der Waals surface area contributed by atoms with Crippen molar-refractivity contribution in [2.75, 3.05) is 30.4 Å². The summed E-state index contributed by atoms with van der Waals surface area (Å²) in [5, 5.41) is 3.31. The van der Waals surface area contributed by atoms with Crippen molar-refractivity contribution >= 4 is 11.6 Å². The van der Waals surface area contributed by atoms with Gasteiger partial charge in [0.25, 0.3) is 0 Å². The van der Waals surface area contributed by atoms with Gasteiger partial charge in [0.1, 0.15) is 5.82 Å². The molecule has 1 atom stereocenters. The van der Waals surface area contributed by atoms with E-state index in [1.165, 1.54) is 32.4 Å². The Balaban J connectivity index is 1.82. The van der Waals surface area contributed by atoms with Gasteiger partial charge in [-0.25, -0.2) is 10.8 Å². The number of aromatic nitrogens is 2. The summed E-state index contributed by atoms with van der Waals surface area (Å²) in [6.07, 6.45) is 7.31. The Hall–Kier alpha value is -1.40. The van der Waals surface area contributed by atoms with E-state index in [9.17, 15) is 0 Å². The fraction of sp³-hybridized carbons (Fsp3) is 0.667. The van der Waals surface area contributed by atoms with Gasteiger partial charge in [0.05, 0.1) is 12.4 Å². The van der Waals surface area contributed by atoms with Crippen molar-refractivity contribution < 1.29 is 0 Å². The lowest BCUT2D eigenvalue weighted by atomic mass is 10.1. The molecule has 1 aliphatic rings. The second kappa shape index (κ2) is 6.51. The number of anilines is 2. The Morgan fingerprint density at radius 3 is 2.72 bits per heavy atom. The minimum atomic E-state index is 0.515. The van der Waals surface area contributed by atoms with Crippen LogP contribution in [-0.2, 0) is 0 Å². The van der Waals surface area contributed by atoms with E-state index in [4.69, 9.17) is 5.84 Å². The lowest BCUT2D eigenvalue weighted by Gasteiger charge is -2.32. The summed E-state index contributed by atoms with van der Waals surface area (Å²) in [5.41, 5.74) is 2.49. The molecule has 1 fully saturated rings. The van der Waals surface area contributed by atoms with Gasteiger partial charge in [0.15, 0.2) is 5.82 Å². The van der Waals surface area contributed by atoms with Crippen LogP contribution in [0.15, 0.2) is 12.4 Å². The van der Waals surface area contributed by atoms with Gasteiger partial charge in [0.2, 0.25) is 0 Å². The summed E-state index contributed by atoms with van der Waals surface area (Å²) in [5.74, 6) is 6.64. The number of rotatable bonds is 5. The molecular weight excluding hydrogens is 228 g/mol. The van der Waals surface area contributed by atoms with Gasteiger partial charge in [-0.3, -0.25) is 9.88 Å². The van der Waals surface area contributed by atoms with Gasteiger partial charge in [0, 0.05) is 12.6 Å². The monoisotopic (exact) mass is 250 g/mol. The maximum Gasteiger partial charge on any atom is 0.160 e. The van der Waals surface area contributed by atoms with Gasteiger partial charge in [-0.1, -0.05) is 6.42 Å². The molecule has 4 N–H and O–H groups in total. The Kier molecular flexibility index (Phi) is 4.72. The van der Waals surface area contributed by atoms with E-state index >= 15 is 0 Å². The van der Waals surface area contributed by atoms with E-state index in [-0.39, 0.29) is 0 Å². The van der Waals surface area contributed by atoms with E-state index in [2.05, 4.69) is 32.5 Å². The number of likely N-dealkylation sites (tertiary alicyclic amines) is 1. The third kappa shape index (κ3) is 3.54. The quantitative estimate of drug-likeness (QED) is 0.535. The molecule has 0 spiro atoms. The average molecular weight is 250 g/mol. The van der Waals surface area contributed by atoms with E-state index in [1.807, 2.05) is 0 Å². The van der Waals surface area contributed by atoms with Crippen LogP contribution in [0.4, 0.5) is 11.6 Å².